The van der Waals surface area contributed by atoms with E-state index in [0.29, 0.717) is 11.3 Å². The summed E-state index contributed by atoms with van der Waals surface area (Å²) in [6.07, 6.45) is 0.569. The van der Waals surface area contributed by atoms with E-state index in [1.807, 2.05) is 47.6 Å². The fourth-order valence-electron chi connectivity index (χ4n) is 2.86. The van der Waals surface area contributed by atoms with Crippen LogP contribution in [0.1, 0.15) is 42.5 Å². The second-order valence-electron chi connectivity index (χ2n) is 6.79. The monoisotopic (exact) mass is 355 g/mol. The number of hydrogen-bond donors (Lipinski definition) is 1. The molecule has 1 unspecified atom stereocenters. The maximum atomic E-state index is 12.8. The maximum absolute atomic E-state index is 12.8. The zero-order valence-electron chi connectivity index (χ0n) is 15.7. The predicted molar refractivity (Wildman–Crippen MR) is 95.5 cm³/mol. The Morgan fingerprint density at radius 2 is 1.62 bits per heavy atom. The van der Waals surface area contributed by atoms with Crippen molar-refractivity contribution in [3.63, 3.8) is 0 Å². The Kier molecular flexibility index (Phi) is 6.98. The van der Waals surface area contributed by atoms with Gasteiger partial charge < -0.3 is 4.74 Å². The normalized spacial score (nSPS) is 13.2. The van der Waals surface area contributed by atoms with Crippen molar-refractivity contribution < 1.29 is 17.9 Å². The van der Waals surface area contributed by atoms with Crippen molar-refractivity contribution in [3.8, 4) is 0 Å². The molecule has 1 atom stereocenters. The second-order valence-corrected chi connectivity index (χ2v) is 8.49. The predicted octanol–water partition coefficient (Wildman–Crippen LogP) is 3.03. The highest BCUT2D eigenvalue weighted by molar-refractivity contribution is 7.89. The molecular formula is C18H29NO4S. The van der Waals surface area contributed by atoms with Crippen LogP contribution < -0.4 is 4.72 Å². The minimum atomic E-state index is -3.70. The number of hydrogen-bond acceptors (Lipinski definition) is 4. The van der Waals surface area contributed by atoms with Gasteiger partial charge in [0.15, 0.2) is 0 Å². The molecule has 0 bridgehead atoms. The summed E-state index contributed by atoms with van der Waals surface area (Å²) in [5.41, 5.74) is 3.35. The van der Waals surface area contributed by atoms with E-state index < -0.39 is 15.9 Å². The minimum absolute atomic E-state index is 0.0407. The molecule has 1 rings (SSSR count). The number of sulfonamides is 1. The number of ether oxygens (including phenoxy) is 1. The molecule has 6 heteroatoms. The van der Waals surface area contributed by atoms with Gasteiger partial charge in [-0.15, -0.1) is 0 Å². The fraction of sp³-hybridized carbons (Fsp3) is 0.611. The molecular weight excluding hydrogens is 326 g/mol. The van der Waals surface area contributed by atoms with Crippen LogP contribution in [0.25, 0.3) is 0 Å². The van der Waals surface area contributed by atoms with Crippen molar-refractivity contribution in [1.82, 2.24) is 4.72 Å². The Morgan fingerprint density at radius 1 is 1.12 bits per heavy atom. The van der Waals surface area contributed by atoms with E-state index in [1.54, 1.807) is 0 Å². The first-order chi connectivity index (χ1) is 11.0. The lowest BCUT2D eigenvalue weighted by molar-refractivity contribution is -0.145. The Labute approximate surface area is 145 Å². The van der Waals surface area contributed by atoms with E-state index in [4.69, 9.17) is 4.74 Å². The zero-order chi connectivity index (χ0) is 18.7. The Balaban J connectivity index is 3.12. The van der Waals surface area contributed by atoms with E-state index >= 15 is 0 Å². The van der Waals surface area contributed by atoms with Gasteiger partial charge in [0, 0.05) is 6.54 Å². The van der Waals surface area contributed by atoms with Crippen molar-refractivity contribution in [2.45, 2.75) is 52.9 Å². The summed E-state index contributed by atoms with van der Waals surface area (Å²) < 4.78 is 33.0. The Hall–Kier alpha value is -1.40. The molecule has 5 nitrogen and oxygen atoms in total. The van der Waals surface area contributed by atoms with E-state index in [-0.39, 0.29) is 18.4 Å². The van der Waals surface area contributed by atoms with Gasteiger partial charge >= 0.3 is 5.97 Å². The number of methoxy groups -OCH3 is 1. The van der Waals surface area contributed by atoms with Gasteiger partial charge in [0.05, 0.1) is 17.9 Å². The van der Waals surface area contributed by atoms with Crippen LogP contribution in [0.2, 0.25) is 0 Å². The third-order valence-corrected chi connectivity index (χ3v) is 6.07. The minimum Gasteiger partial charge on any atom is -0.469 e. The Morgan fingerprint density at radius 3 is 2.04 bits per heavy atom. The molecule has 1 aromatic rings. The molecule has 0 aliphatic carbocycles. The highest BCUT2D eigenvalue weighted by atomic mass is 32.2. The molecule has 0 spiro atoms. The number of carbonyl (C=O) groups excluding carboxylic acids is 1. The molecule has 0 heterocycles. The lowest BCUT2D eigenvalue weighted by Gasteiger charge is -2.20. The van der Waals surface area contributed by atoms with Gasteiger partial charge in [-0.25, -0.2) is 13.1 Å². The molecule has 0 fully saturated rings. The number of rotatable bonds is 7. The third-order valence-electron chi connectivity index (χ3n) is 4.38. The smallest absolute Gasteiger partial charge is 0.309 e. The lowest BCUT2D eigenvalue weighted by Crippen LogP contribution is -2.35. The van der Waals surface area contributed by atoms with E-state index in [1.165, 1.54) is 7.11 Å². The van der Waals surface area contributed by atoms with E-state index in [2.05, 4.69) is 4.72 Å². The van der Waals surface area contributed by atoms with Crippen molar-refractivity contribution >= 4 is 16.0 Å². The summed E-state index contributed by atoms with van der Waals surface area (Å²) in [4.78, 5) is 12.2. The van der Waals surface area contributed by atoms with Crippen LogP contribution in [-0.4, -0.2) is 28.0 Å². The first-order valence-electron chi connectivity index (χ1n) is 8.16. The van der Waals surface area contributed by atoms with Gasteiger partial charge in [-0.05, 0) is 62.3 Å². The SMILES string of the molecule is COC(=O)C(CNS(=O)(=O)c1c(C)c(C)cc(C)c1C)CC(C)C. The summed E-state index contributed by atoms with van der Waals surface area (Å²) in [5, 5.41) is 0. The van der Waals surface area contributed by atoms with Gasteiger partial charge in [-0.2, -0.15) is 0 Å². The number of esters is 1. The molecule has 136 valence electrons. The molecule has 1 N–H and O–H groups in total. The molecule has 0 saturated carbocycles. The second kappa shape index (κ2) is 8.12. The van der Waals surface area contributed by atoms with Gasteiger partial charge in [-0.1, -0.05) is 19.9 Å². The van der Waals surface area contributed by atoms with Crippen LogP contribution >= 0.6 is 0 Å². The topological polar surface area (TPSA) is 72.5 Å². The number of benzene rings is 1. The van der Waals surface area contributed by atoms with Crippen molar-refractivity contribution in [1.29, 1.82) is 0 Å². The largest absolute Gasteiger partial charge is 0.469 e. The van der Waals surface area contributed by atoms with Crippen LogP contribution in [0.5, 0.6) is 0 Å². The summed E-state index contributed by atoms with van der Waals surface area (Å²) in [7, 11) is -2.38. The molecule has 24 heavy (non-hydrogen) atoms. The van der Waals surface area contributed by atoms with Gasteiger partial charge in [-0.3, -0.25) is 4.79 Å². The highest BCUT2D eigenvalue weighted by Crippen LogP contribution is 2.26. The van der Waals surface area contributed by atoms with Crippen LogP contribution in [0.3, 0.4) is 0 Å². The summed E-state index contributed by atoms with van der Waals surface area (Å²) in [5.74, 6) is -0.611. The number of nitrogens with one attached hydrogen (secondary N) is 1. The van der Waals surface area contributed by atoms with Crippen molar-refractivity contribution in [3.05, 3.63) is 28.3 Å². The highest BCUT2D eigenvalue weighted by Gasteiger charge is 2.26. The lowest BCUT2D eigenvalue weighted by atomic mass is 9.97. The summed E-state index contributed by atoms with van der Waals surface area (Å²) in [6.45, 7) is 11.4. The molecule has 0 aromatic heterocycles. The summed E-state index contributed by atoms with van der Waals surface area (Å²) >= 11 is 0. The maximum Gasteiger partial charge on any atom is 0.309 e. The molecule has 0 saturated heterocycles. The first-order valence-corrected chi connectivity index (χ1v) is 9.64. The van der Waals surface area contributed by atoms with Crippen molar-refractivity contribution in [2.24, 2.45) is 11.8 Å². The van der Waals surface area contributed by atoms with E-state index in [9.17, 15) is 13.2 Å². The quantitative estimate of drug-likeness (QED) is 0.763. The van der Waals surface area contributed by atoms with Crippen molar-refractivity contribution in [2.75, 3.05) is 13.7 Å². The third kappa shape index (κ3) is 4.80. The number of aryl methyl sites for hydroxylation is 2. The van der Waals surface area contributed by atoms with Crippen LogP contribution in [0.4, 0.5) is 0 Å². The molecule has 0 aliphatic heterocycles. The van der Waals surface area contributed by atoms with Gasteiger partial charge in [0.25, 0.3) is 0 Å². The van der Waals surface area contributed by atoms with Crippen LogP contribution in [0, 0.1) is 39.5 Å². The molecule has 0 radical (unpaired) electrons. The molecule has 0 aliphatic rings. The zero-order valence-corrected chi connectivity index (χ0v) is 16.5. The number of carbonyl (C=O) groups is 1. The van der Waals surface area contributed by atoms with E-state index in [0.717, 1.165) is 22.3 Å². The fourth-order valence-corrected chi connectivity index (χ4v) is 4.56. The average Bonchev–Trinajstić information content (AvgIpc) is 2.48. The van der Waals surface area contributed by atoms with Crippen LogP contribution in [0.15, 0.2) is 11.0 Å². The average molecular weight is 356 g/mol. The standard InChI is InChI=1S/C18H29NO4S/c1-11(2)8-16(18(20)23-7)10-19-24(21,22)17-14(5)12(3)9-13(4)15(17)6/h9,11,16,19H,8,10H2,1-7H3. The first kappa shape index (κ1) is 20.6. The van der Waals surface area contributed by atoms with Crippen LogP contribution in [-0.2, 0) is 19.6 Å². The van der Waals surface area contributed by atoms with Gasteiger partial charge in [0.1, 0.15) is 0 Å². The molecule has 1 aromatic carbocycles. The molecule has 0 amide bonds. The van der Waals surface area contributed by atoms with Gasteiger partial charge in [0.2, 0.25) is 10.0 Å². The Bertz CT molecular complexity index is 682. The summed E-state index contributed by atoms with van der Waals surface area (Å²) in [6, 6.07) is 1.99.